The van der Waals surface area contributed by atoms with Crippen LogP contribution in [0.2, 0.25) is 0 Å². The van der Waals surface area contributed by atoms with Crippen LogP contribution in [0.3, 0.4) is 0 Å². The number of carboxylic acid groups (broad SMARTS) is 1. The zero-order valence-electron chi connectivity index (χ0n) is 31.8. The van der Waals surface area contributed by atoms with Crippen LogP contribution >= 0.6 is 22.7 Å². The molecule has 5 aromatic carbocycles. The number of halogens is 3. The van der Waals surface area contributed by atoms with Gasteiger partial charge in [0, 0.05) is 82.0 Å². The SMILES string of the molecule is CC1=c2cc3c(cc2-c2sc4ccccc4c2C1(C)C)=C(c1c(F)c(F)c(C(=O)O)c(F)c1S(=O)(=O)O)c1cc2c(cc1O3)N(C)C(C)(C)c1c-2sc2ccccc12. The van der Waals surface area contributed by atoms with E-state index in [1.165, 1.54) is 0 Å². The molecule has 58 heavy (non-hydrogen) atoms. The maximum absolute atomic E-state index is 16.9. The molecule has 4 heterocycles. The molecule has 2 aromatic heterocycles. The molecule has 0 fully saturated rings. The largest absolute Gasteiger partial charge is 0.477 e. The number of fused-ring (bicyclic) bond motifs is 12. The molecule has 13 heteroatoms. The zero-order valence-corrected chi connectivity index (χ0v) is 34.2. The van der Waals surface area contributed by atoms with Crippen molar-refractivity contribution in [2.45, 2.75) is 50.5 Å². The van der Waals surface area contributed by atoms with Gasteiger partial charge in [-0.3, -0.25) is 4.55 Å². The Morgan fingerprint density at radius 3 is 1.98 bits per heavy atom. The fraction of sp³-hybridized carbons (Fsp3) is 0.178. The lowest BCUT2D eigenvalue weighted by Crippen LogP contribution is -2.41. The molecule has 2 N–H and O–H groups in total. The van der Waals surface area contributed by atoms with Crippen LogP contribution in [0.1, 0.15) is 67.2 Å². The van der Waals surface area contributed by atoms with E-state index in [1.807, 2.05) is 62.5 Å². The highest BCUT2D eigenvalue weighted by Crippen LogP contribution is 2.57. The van der Waals surface area contributed by atoms with Gasteiger partial charge in [0.1, 0.15) is 22.0 Å². The number of ether oxygens (including phenoxy) is 1. The molecule has 0 unspecified atom stereocenters. The normalized spacial score (nSPS) is 16.0. The highest BCUT2D eigenvalue weighted by atomic mass is 32.2. The van der Waals surface area contributed by atoms with Crippen LogP contribution in [-0.4, -0.2) is 31.1 Å². The first-order chi connectivity index (χ1) is 27.3. The third kappa shape index (κ3) is 4.69. The smallest absolute Gasteiger partial charge is 0.341 e. The summed E-state index contributed by atoms with van der Waals surface area (Å²) in [7, 11) is -3.81. The minimum Gasteiger partial charge on any atom is -0.477 e. The molecule has 0 bridgehead atoms. The number of hydrogen-bond acceptors (Lipinski definition) is 7. The molecule has 0 spiro atoms. The second kappa shape index (κ2) is 11.8. The molecule has 0 amide bonds. The fourth-order valence-electron chi connectivity index (χ4n) is 9.18. The predicted molar refractivity (Wildman–Crippen MR) is 222 cm³/mol. The highest BCUT2D eigenvalue weighted by Gasteiger charge is 2.43. The van der Waals surface area contributed by atoms with E-state index in [4.69, 9.17) is 4.74 Å². The van der Waals surface area contributed by atoms with Crippen LogP contribution < -0.4 is 20.1 Å². The maximum Gasteiger partial charge on any atom is 0.341 e. The second-order valence-corrected chi connectivity index (χ2v) is 19.5. The van der Waals surface area contributed by atoms with Crippen LogP contribution in [0.15, 0.2) is 77.7 Å². The highest BCUT2D eigenvalue weighted by molar-refractivity contribution is 7.86. The first kappa shape index (κ1) is 36.8. The molecule has 2 aliphatic heterocycles. The molecule has 292 valence electrons. The third-order valence-corrected chi connectivity index (χ3v) is 15.7. The minimum absolute atomic E-state index is 0.0850. The number of nitrogens with zero attached hydrogens (tertiary/aromatic N) is 1. The van der Waals surface area contributed by atoms with Gasteiger partial charge in [-0.25, -0.2) is 18.0 Å². The topological polar surface area (TPSA) is 104 Å². The lowest BCUT2D eigenvalue weighted by molar-refractivity contribution is 0.0684. The van der Waals surface area contributed by atoms with Gasteiger partial charge in [0.05, 0.1) is 5.54 Å². The van der Waals surface area contributed by atoms with Crippen molar-refractivity contribution in [3.05, 3.63) is 129 Å². The average molecular weight is 836 g/mol. The number of hydrogen-bond donors (Lipinski definition) is 2. The van der Waals surface area contributed by atoms with Crippen molar-refractivity contribution in [1.29, 1.82) is 0 Å². The lowest BCUT2D eigenvalue weighted by Gasteiger charge is -2.43. The van der Waals surface area contributed by atoms with Gasteiger partial charge in [-0.1, -0.05) is 55.8 Å². The Morgan fingerprint density at radius 1 is 0.759 bits per heavy atom. The molecule has 0 saturated carbocycles. The maximum atomic E-state index is 16.9. The van der Waals surface area contributed by atoms with Crippen LogP contribution in [0, 0.1) is 17.5 Å². The summed E-state index contributed by atoms with van der Waals surface area (Å²) in [6.45, 7) is 10.5. The standard InChI is InChI=1S/C45H32F3NO6S3/c1-19-22-17-28-25(15-23(22)40-35(44(19,2)3)20-11-7-9-13-30(20)56-40)32(33-37(46)38(47)34(43(50)51)39(48)42(33)58(52,53)54)26-16-24-27(18-29(26)55-28)49(6)45(4,5)36-21-12-8-10-14-31(21)57-41(24)36/h7-18H,1-6H3,(H,50,51)(H,52,53,54). The van der Waals surface area contributed by atoms with Crippen LogP contribution in [0.25, 0.3) is 52.2 Å². The van der Waals surface area contributed by atoms with Crippen molar-refractivity contribution in [2.24, 2.45) is 0 Å². The first-order valence-electron chi connectivity index (χ1n) is 18.3. The number of anilines is 1. The molecule has 3 aliphatic rings. The number of aromatic carboxylic acids is 1. The summed E-state index contributed by atoms with van der Waals surface area (Å²) < 4.78 is 94.8. The Balaban J connectivity index is 1.41. The van der Waals surface area contributed by atoms with Gasteiger partial charge in [-0.15, -0.1) is 22.7 Å². The Morgan fingerprint density at radius 2 is 1.36 bits per heavy atom. The van der Waals surface area contributed by atoms with Gasteiger partial charge in [0.25, 0.3) is 10.1 Å². The summed E-state index contributed by atoms with van der Waals surface area (Å²) in [4.78, 5) is 14.3. The Kier molecular flexibility index (Phi) is 7.50. The van der Waals surface area contributed by atoms with E-state index in [0.717, 1.165) is 57.5 Å². The van der Waals surface area contributed by atoms with Crippen molar-refractivity contribution < 1.29 is 40.8 Å². The molecule has 7 nitrogen and oxygen atoms in total. The number of benzene rings is 5. The molecular weight excluding hydrogens is 804 g/mol. The molecule has 10 rings (SSSR count). The molecule has 0 radical (unpaired) electrons. The molecule has 7 aromatic rings. The Hall–Kier alpha value is -5.47. The van der Waals surface area contributed by atoms with E-state index in [2.05, 4.69) is 32.6 Å². The van der Waals surface area contributed by atoms with E-state index in [-0.39, 0.29) is 27.9 Å². The summed E-state index contributed by atoms with van der Waals surface area (Å²) >= 11 is 3.09. The van der Waals surface area contributed by atoms with Crippen molar-refractivity contribution in [2.75, 3.05) is 11.9 Å². The Labute approximate surface area is 338 Å². The third-order valence-electron chi connectivity index (χ3n) is 12.4. The van der Waals surface area contributed by atoms with Crippen LogP contribution in [0.5, 0.6) is 11.5 Å². The summed E-state index contributed by atoms with van der Waals surface area (Å²) in [5.74, 6) is -8.18. The van der Waals surface area contributed by atoms with E-state index in [9.17, 15) is 22.9 Å². The second-order valence-electron chi connectivity index (χ2n) is 16.0. The molecule has 1 aliphatic carbocycles. The fourth-order valence-corrected chi connectivity index (χ4v) is 12.7. The monoisotopic (exact) mass is 835 g/mol. The van der Waals surface area contributed by atoms with Crippen LogP contribution in [0.4, 0.5) is 18.9 Å². The van der Waals surface area contributed by atoms with Gasteiger partial charge < -0.3 is 14.7 Å². The summed E-state index contributed by atoms with van der Waals surface area (Å²) in [6, 6.07) is 22.9. The van der Waals surface area contributed by atoms with Gasteiger partial charge in [0.15, 0.2) is 17.5 Å². The first-order valence-corrected chi connectivity index (χ1v) is 21.4. The molecule has 0 saturated heterocycles. The van der Waals surface area contributed by atoms with E-state index in [1.54, 1.807) is 46.9 Å². The van der Waals surface area contributed by atoms with Gasteiger partial charge in [-0.05, 0) is 72.7 Å². The minimum atomic E-state index is -5.74. The number of carbonyl (C=O) groups is 1. The van der Waals surface area contributed by atoms with E-state index in [0.29, 0.717) is 11.1 Å². The van der Waals surface area contributed by atoms with Gasteiger partial charge >= 0.3 is 5.97 Å². The number of rotatable bonds is 3. The number of carboxylic acids is 1. The van der Waals surface area contributed by atoms with Crippen molar-refractivity contribution in [3.63, 3.8) is 0 Å². The molecular formula is C45H32F3NO6S3. The average Bonchev–Trinajstić information content (AvgIpc) is 3.76. The van der Waals surface area contributed by atoms with Crippen molar-refractivity contribution in [3.8, 4) is 32.4 Å². The van der Waals surface area contributed by atoms with Gasteiger partial charge in [0.2, 0.25) is 0 Å². The zero-order chi connectivity index (χ0) is 41.1. The van der Waals surface area contributed by atoms with Crippen molar-refractivity contribution in [1.82, 2.24) is 0 Å². The predicted octanol–water partition coefficient (Wildman–Crippen LogP) is 10.3. The molecule has 0 atom stereocenters. The van der Waals surface area contributed by atoms with Gasteiger partial charge in [-0.2, -0.15) is 8.42 Å². The van der Waals surface area contributed by atoms with Crippen molar-refractivity contribution >= 4 is 75.8 Å². The number of thiophene rings is 2. The van der Waals surface area contributed by atoms with Crippen LogP contribution in [-0.2, 0) is 21.1 Å². The lowest BCUT2D eigenvalue weighted by atomic mass is 9.71. The summed E-state index contributed by atoms with van der Waals surface area (Å²) in [6.07, 6.45) is 0. The van der Waals surface area contributed by atoms with E-state index < -0.39 is 60.5 Å². The quantitative estimate of drug-likeness (QED) is 0.135. The van der Waals surface area contributed by atoms with E-state index >= 15 is 13.2 Å². The summed E-state index contributed by atoms with van der Waals surface area (Å²) in [5, 5.41) is 12.7. The Bertz CT molecular complexity index is 3340. The summed E-state index contributed by atoms with van der Waals surface area (Å²) in [5.41, 5.74) is 1.01.